The molecule has 0 fully saturated rings. The first-order chi connectivity index (χ1) is 8.63. The van der Waals surface area contributed by atoms with Crippen molar-refractivity contribution in [2.75, 3.05) is 7.11 Å². The molecule has 0 saturated heterocycles. The Kier molecular flexibility index (Phi) is 3.48. The molecule has 0 aliphatic rings. The van der Waals surface area contributed by atoms with Gasteiger partial charge in [-0.05, 0) is 24.3 Å². The molecule has 0 bridgehead atoms. The minimum Gasteiger partial charge on any atom is -0.496 e. The van der Waals surface area contributed by atoms with Gasteiger partial charge in [-0.1, -0.05) is 17.7 Å². The van der Waals surface area contributed by atoms with Gasteiger partial charge in [0.2, 0.25) is 0 Å². The summed E-state index contributed by atoms with van der Waals surface area (Å²) in [5.74, 6) is -0.569. The summed E-state index contributed by atoms with van der Waals surface area (Å²) in [4.78, 5) is 15.0. The number of methoxy groups -OCH3 is 1. The lowest BCUT2D eigenvalue weighted by atomic mass is 10.0. The molecule has 2 aromatic rings. The van der Waals surface area contributed by atoms with E-state index in [0.717, 1.165) is 0 Å². The van der Waals surface area contributed by atoms with Gasteiger partial charge in [0.15, 0.2) is 5.69 Å². The average Bonchev–Trinajstić information content (AvgIpc) is 2.38. The van der Waals surface area contributed by atoms with Crippen LogP contribution in [0.15, 0.2) is 36.5 Å². The topological polar surface area (TPSA) is 59.4 Å². The highest BCUT2D eigenvalue weighted by Gasteiger charge is 2.16. The molecule has 1 aromatic carbocycles. The van der Waals surface area contributed by atoms with Crippen molar-refractivity contribution in [3.63, 3.8) is 0 Å². The maximum Gasteiger partial charge on any atom is 0.355 e. The maximum absolute atomic E-state index is 11.1. The predicted molar refractivity (Wildman–Crippen MR) is 68.2 cm³/mol. The molecule has 1 aromatic heterocycles. The Morgan fingerprint density at radius 1 is 1.33 bits per heavy atom. The normalized spacial score (nSPS) is 10.1. The average molecular weight is 264 g/mol. The molecule has 0 radical (unpaired) electrons. The summed E-state index contributed by atoms with van der Waals surface area (Å²) < 4.78 is 5.21. The van der Waals surface area contributed by atoms with Gasteiger partial charge in [-0.25, -0.2) is 9.78 Å². The van der Waals surface area contributed by atoms with Crippen LogP contribution in [0, 0.1) is 0 Å². The van der Waals surface area contributed by atoms with E-state index >= 15 is 0 Å². The van der Waals surface area contributed by atoms with Crippen LogP contribution in [0.25, 0.3) is 11.1 Å². The van der Waals surface area contributed by atoms with Crippen LogP contribution in [0.1, 0.15) is 10.5 Å². The van der Waals surface area contributed by atoms with E-state index in [1.807, 2.05) is 0 Å². The molecule has 0 spiro atoms. The summed E-state index contributed by atoms with van der Waals surface area (Å²) in [6.45, 7) is 0. The van der Waals surface area contributed by atoms with E-state index in [-0.39, 0.29) is 5.69 Å². The molecule has 0 aliphatic heterocycles. The van der Waals surface area contributed by atoms with Gasteiger partial charge >= 0.3 is 5.97 Å². The molecule has 4 nitrogen and oxygen atoms in total. The fourth-order valence-electron chi connectivity index (χ4n) is 1.68. The van der Waals surface area contributed by atoms with Crippen LogP contribution in [0.4, 0.5) is 0 Å². The Morgan fingerprint density at radius 2 is 2.11 bits per heavy atom. The van der Waals surface area contributed by atoms with Gasteiger partial charge in [0.05, 0.1) is 7.11 Å². The third kappa shape index (κ3) is 2.28. The van der Waals surface area contributed by atoms with Gasteiger partial charge in [-0.15, -0.1) is 0 Å². The number of hydrogen-bond donors (Lipinski definition) is 1. The zero-order valence-electron chi connectivity index (χ0n) is 9.55. The third-order valence-corrected chi connectivity index (χ3v) is 2.70. The highest BCUT2D eigenvalue weighted by atomic mass is 35.5. The van der Waals surface area contributed by atoms with Crippen LogP contribution >= 0.6 is 11.6 Å². The monoisotopic (exact) mass is 263 g/mol. The zero-order chi connectivity index (χ0) is 13.1. The molecule has 92 valence electrons. The van der Waals surface area contributed by atoms with E-state index in [1.165, 1.54) is 13.3 Å². The lowest BCUT2D eigenvalue weighted by molar-refractivity contribution is 0.0691. The molecular formula is C13H10ClNO3. The Balaban J connectivity index is 2.65. The molecule has 0 saturated carbocycles. The van der Waals surface area contributed by atoms with Crippen LogP contribution in [0.3, 0.4) is 0 Å². The Labute approximate surface area is 109 Å². The predicted octanol–water partition coefficient (Wildman–Crippen LogP) is 3.11. The second-order valence-electron chi connectivity index (χ2n) is 3.55. The third-order valence-electron chi connectivity index (χ3n) is 2.46. The molecular weight excluding hydrogens is 254 g/mol. The van der Waals surface area contributed by atoms with E-state index in [0.29, 0.717) is 21.9 Å². The van der Waals surface area contributed by atoms with Crippen LogP contribution in [-0.2, 0) is 0 Å². The van der Waals surface area contributed by atoms with Gasteiger partial charge in [-0.2, -0.15) is 0 Å². The van der Waals surface area contributed by atoms with E-state index in [9.17, 15) is 4.79 Å². The molecule has 0 aliphatic carbocycles. The number of nitrogens with zero attached hydrogens (tertiary/aromatic N) is 1. The first-order valence-electron chi connectivity index (χ1n) is 5.15. The first kappa shape index (κ1) is 12.4. The largest absolute Gasteiger partial charge is 0.496 e. The van der Waals surface area contributed by atoms with Crippen molar-refractivity contribution in [1.82, 2.24) is 4.98 Å². The summed E-state index contributed by atoms with van der Waals surface area (Å²) >= 11 is 5.87. The second kappa shape index (κ2) is 5.06. The van der Waals surface area contributed by atoms with E-state index in [2.05, 4.69) is 4.98 Å². The zero-order valence-corrected chi connectivity index (χ0v) is 10.3. The highest BCUT2D eigenvalue weighted by molar-refractivity contribution is 6.30. The molecule has 1 heterocycles. The number of ether oxygens (including phenoxy) is 1. The minimum atomic E-state index is -1.08. The highest BCUT2D eigenvalue weighted by Crippen LogP contribution is 2.33. The molecule has 0 unspecified atom stereocenters. The van der Waals surface area contributed by atoms with Crippen molar-refractivity contribution >= 4 is 17.6 Å². The standard InChI is InChI=1S/C13H10ClNO3/c1-18-11-7-8(14)4-5-9(11)10-3-2-6-15-12(10)13(16)17/h2-7H,1H3,(H,16,17). The van der Waals surface area contributed by atoms with Gasteiger partial charge in [0.25, 0.3) is 0 Å². The maximum atomic E-state index is 11.1. The van der Waals surface area contributed by atoms with Crippen molar-refractivity contribution in [3.05, 3.63) is 47.2 Å². The molecule has 5 heteroatoms. The summed E-state index contributed by atoms with van der Waals surface area (Å²) in [5.41, 5.74) is 1.13. The molecule has 0 atom stereocenters. The quantitative estimate of drug-likeness (QED) is 0.924. The number of aromatic carboxylic acids is 1. The van der Waals surface area contributed by atoms with Crippen molar-refractivity contribution in [3.8, 4) is 16.9 Å². The van der Waals surface area contributed by atoms with Gasteiger partial charge < -0.3 is 9.84 Å². The van der Waals surface area contributed by atoms with E-state index in [4.69, 9.17) is 21.4 Å². The van der Waals surface area contributed by atoms with Gasteiger partial charge in [0.1, 0.15) is 5.75 Å². The fraction of sp³-hybridized carbons (Fsp3) is 0.0769. The van der Waals surface area contributed by atoms with Crippen LogP contribution < -0.4 is 4.74 Å². The summed E-state index contributed by atoms with van der Waals surface area (Å²) in [7, 11) is 1.51. The van der Waals surface area contributed by atoms with Crippen molar-refractivity contribution in [2.45, 2.75) is 0 Å². The molecule has 18 heavy (non-hydrogen) atoms. The van der Waals surface area contributed by atoms with E-state index in [1.54, 1.807) is 30.3 Å². The van der Waals surface area contributed by atoms with Crippen LogP contribution in [-0.4, -0.2) is 23.2 Å². The summed E-state index contributed by atoms with van der Waals surface area (Å²) in [6.07, 6.45) is 1.44. The Bertz CT molecular complexity index is 599. The number of halogens is 1. The van der Waals surface area contributed by atoms with E-state index < -0.39 is 5.97 Å². The minimum absolute atomic E-state index is 0.0156. The number of carboxylic acids is 1. The number of carbonyl (C=O) groups is 1. The second-order valence-corrected chi connectivity index (χ2v) is 3.99. The number of pyridine rings is 1. The number of rotatable bonds is 3. The summed E-state index contributed by atoms with van der Waals surface area (Å²) in [5, 5.41) is 9.64. The Morgan fingerprint density at radius 3 is 2.78 bits per heavy atom. The number of carboxylic acid groups (broad SMARTS) is 1. The van der Waals surface area contributed by atoms with Crippen LogP contribution in [0.5, 0.6) is 5.75 Å². The number of aromatic nitrogens is 1. The lowest BCUT2D eigenvalue weighted by Crippen LogP contribution is -2.03. The van der Waals surface area contributed by atoms with Crippen molar-refractivity contribution in [2.24, 2.45) is 0 Å². The molecule has 2 rings (SSSR count). The van der Waals surface area contributed by atoms with Gasteiger partial charge in [-0.3, -0.25) is 0 Å². The fourth-order valence-corrected chi connectivity index (χ4v) is 1.84. The molecule has 0 amide bonds. The first-order valence-corrected chi connectivity index (χ1v) is 5.53. The van der Waals surface area contributed by atoms with Crippen LogP contribution in [0.2, 0.25) is 5.02 Å². The SMILES string of the molecule is COc1cc(Cl)ccc1-c1cccnc1C(=O)O. The smallest absolute Gasteiger partial charge is 0.355 e. The van der Waals surface area contributed by atoms with Gasteiger partial charge in [0, 0.05) is 22.3 Å². The number of benzene rings is 1. The Hall–Kier alpha value is -2.07. The number of hydrogen-bond acceptors (Lipinski definition) is 3. The van der Waals surface area contributed by atoms with Crippen molar-refractivity contribution in [1.29, 1.82) is 0 Å². The van der Waals surface area contributed by atoms with Crippen molar-refractivity contribution < 1.29 is 14.6 Å². The molecule has 1 N–H and O–H groups in total. The lowest BCUT2D eigenvalue weighted by Gasteiger charge is -2.10. The summed E-state index contributed by atoms with van der Waals surface area (Å²) in [6, 6.07) is 8.39.